The van der Waals surface area contributed by atoms with Gasteiger partial charge in [0.15, 0.2) is 0 Å². The smallest absolute Gasteiger partial charge is 0.0685 e. The maximum atomic E-state index is 8.85. The fourth-order valence-electron chi connectivity index (χ4n) is 0.831. The van der Waals surface area contributed by atoms with Gasteiger partial charge >= 0.3 is 0 Å². The van der Waals surface area contributed by atoms with Crippen molar-refractivity contribution in [1.82, 2.24) is 0 Å². The molecule has 0 aliphatic rings. The molecule has 0 aromatic carbocycles. The number of aliphatic hydroxyl groups excluding tert-OH is 2. The van der Waals surface area contributed by atoms with Crippen molar-refractivity contribution in [3.63, 3.8) is 0 Å². The highest BCUT2D eigenvalue weighted by molar-refractivity contribution is 7.08. The van der Waals surface area contributed by atoms with Crippen LogP contribution in [0.5, 0.6) is 0 Å². The Hall–Kier alpha value is -0.640. The van der Waals surface area contributed by atoms with Crippen LogP contribution in [0.1, 0.15) is 5.56 Å². The van der Waals surface area contributed by atoms with Crippen LogP contribution in [0.3, 0.4) is 0 Å². The molecule has 0 amide bonds. The maximum absolute atomic E-state index is 8.85. The Morgan fingerprint density at radius 2 is 2.36 bits per heavy atom. The summed E-state index contributed by atoms with van der Waals surface area (Å²) in [6, 6.07) is 1.92. The average molecular weight is 170 g/mol. The standard InChI is InChI=1S/C8H10O2S/c9-3-1-7(5-10)8-2-4-11-6-8/h1-2,4,6,9-10H,3,5H2/b7-1+. The molecule has 0 saturated carbocycles. The van der Waals surface area contributed by atoms with Crippen LogP contribution >= 0.6 is 11.3 Å². The lowest BCUT2D eigenvalue weighted by Gasteiger charge is -1.98. The molecule has 0 aliphatic heterocycles. The molecule has 3 heteroatoms. The fraction of sp³-hybridized carbons (Fsp3) is 0.250. The van der Waals surface area contributed by atoms with Gasteiger partial charge in [0.1, 0.15) is 0 Å². The van der Waals surface area contributed by atoms with Crippen LogP contribution in [-0.4, -0.2) is 23.4 Å². The normalized spacial score (nSPS) is 12.0. The Morgan fingerprint density at radius 3 is 2.82 bits per heavy atom. The second kappa shape index (κ2) is 4.28. The van der Waals surface area contributed by atoms with E-state index >= 15 is 0 Å². The van der Waals surface area contributed by atoms with Gasteiger partial charge in [-0.25, -0.2) is 0 Å². The first-order valence-corrected chi connectivity index (χ1v) is 4.26. The van der Waals surface area contributed by atoms with Crippen molar-refractivity contribution in [2.24, 2.45) is 0 Å². The molecular formula is C8H10O2S. The summed E-state index contributed by atoms with van der Waals surface area (Å²) in [6.45, 7) is -0.0387. The van der Waals surface area contributed by atoms with E-state index in [2.05, 4.69) is 0 Å². The summed E-state index contributed by atoms with van der Waals surface area (Å²) >= 11 is 1.58. The van der Waals surface area contributed by atoms with Gasteiger partial charge in [-0.2, -0.15) is 11.3 Å². The van der Waals surface area contributed by atoms with Gasteiger partial charge in [0.25, 0.3) is 0 Å². The molecule has 11 heavy (non-hydrogen) atoms. The molecule has 1 heterocycles. The topological polar surface area (TPSA) is 40.5 Å². The van der Waals surface area contributed by atoms with Crippen LogP contribution in [0.15, 0.2) is 22.9 Å². The molecule has 0 atom stereocenters. The molecule has 1 rings (SSSR count). The highest BCUT2D eigenvalue weighted by atomic mass is 32.1. The Balaban J connectivity index is 2.79. The number of rotatable bonds is 3. The number of hydrogen-bond acceptors (Lipinski definition) is 3. The summed E-state index contributed by atoms with van der Waals surface area (Å²) in [5, 5.41) is 21.3. The van der Waals surface area contributed by atoms with Crippen molar-refractivity contribution in [1.29, 1.82) is 0 Å². The second-order valence-corrected chi connectivity index (χ2v) is 2.86. The van der Waals surface area contributed by atoms with Crippen molar-refractivity contribution in [2.75, 3.05) is 13.2 Å². The summed E-state index contributed by atoms with van der Waals surface area (Å²) < 4.78 is 0. The predicted molar refractivity (Wildman–Crippen MR) is 46.5 cm³/mol. The Morgan fingerprint density at radius 1 is 1.55 bits per heavy atom. The highest BCUT2D eigenvalue weighted by Gasteiger charge is 1.98. The Kier molecular flexibility index (Phi) is 3.29. The summed E-state index contributed by atoms with van der Waals surface area (Å²) in [4.78, 5) is 0. The van der Waals surface area contributed by atoms with Gasteiger partial charge in [-0.05, 0) is 28.0 Å². The molecule has 1 aromatic heterocycles. The first-order chi connectivity index (χ1) is 5.38. The fourth-order valence-corrected chi connectivity index (χ4v) is 1.51. The van der Waals surface area contributed by atoms with E-state index in [1.807, 2.05) is 16.8 Å². The summed E-state index contributed by atoms with van der Waals surface area (Å²) in [7, 11) is 0. The van der Waals surface area contributed by atoms with Gasteiger partial charge in [0.05, 0.1) is 13.2 Å². The van der Waals surface area contributed by atoms with E-state index in [-0.39, 0.29) is 13.2 Å². The van der Waals surface area contributed by atoms with Gasteiger partial charge in [0, 0.05) is 0 Å². The predicted octanol–water partition coefficient (Wildman–Crippen LogP) is 1.12. The van der Waals surface area contributed by atoms with Crippen molar-refractivity contribution in [3.05, 3.63) is 28.5 Å². The number of hydrogen-bond donors (Lipinski definition) is 2. The first-order valence-electron chi connectivity index (χ1n) is 3.32. The lowest BCUT2D eigenvalue weighted by molar-refractivity contribution is 0.334. The van der Waals surface area contributed by atoms with E-state index in [0.717, 1.165) is 11.1 Å². The SMILES string of the molecule is OC/C=C(\CO)c1ccsc1. The Bertz CT molecular complexity index is 226. The van der Waals surface area contributed by atoms with E-state index in [4.69, 9.17) is 10.2 Å². The van der Waals surface area contributed by atoms with Crippen LogP contribution in [-0.2, 0) is 0 Å². The molecule has 1 aromatic rings. The maximum Gasteiger partial charge on any atom is 0.0685 e. The van der Waals surface area contributed by atoms with E-state index in [1.54, 1.807) is 17.4 Å². The molecular weight excluding hydrogens is 160 g/mol. The van der Waals surface area contributed by atoms with Gasteiger partial charge in [-0.3, -0.25) is 0 Å². The van der Waals surface area contributed by atoms with Gasteiger partial charge in [0.2, 0.25) is 0 Å². The lowest BCUT2D eigenvalue weighted by atomic mass is 10.1. The van der Waals surface area contributed by atoms with Crippen molar-refractivity contribution in [2.45, 2.75) is 0 Å². The number of aliphatic hydroxyl groups is 2. The van der Waals surface area contributed by atoms with Crippen molar-refractivity contribution in [3.8, 4) is 0 Å². The molecule has 0 bridgehead atoms. The van der Waals surface area contributed by atoms with Gasteiger partial charge in [-0.15, -0.1) is 0 Å². The minimum absolute atomic E-state index is 0.0166. The molecule has 60 valence electrons. The minimum Gasteiger partial charge on any atom is -0.392 e. The molecule has 0 aliphatic carbocycles. The van der Waals surface area contributed by atoms with E-state index in [1.165, 1.54) is 0 Å². The molecule has 0 spiro atoms. The highest BCUT2D eigenvalue weighted by Crippen LogP contribution is 2.16. The average Bonchev–Trinajstić information content (AvgIpc) is 2.52. The molecule has 0 fully saturated rings. The zero-order valence-electron chi connectivity index (χ0n) is 6.03. The van der Waals surface area contributed by atoms with E-state index in [0.29, 0.717) is 0 Å². The van der Waals surface area contributed by atoms with Crippen LogP contribution in [0, 0.1) is 0 Å². The molecule has 0 unspecified atom stereocenters. The van der Waals surface area contributed by atoms with Gasteiger partial charge in [-0.1, -0.05) is 6.08 Å². The summed E-state index contributed by atoms with van der Waals surface area (Å²) in [5.74, 6) is 0. The molecule has 2 nitrogen and oxygen atoms in total. The molecule has 2 N–H and O–H groups in total. The quantitative estimate of drug-likeness (QED) is 0.713. The second-order valence-electron chi connectivity index (χ2n) is 2.08. The van der Waals surface area contributed by atoms with E-state index in [9.17, 15) is 0 Å². The third-order valence-electron chi connectivity index (χ3n) is 1.40. The van der Waals surface area contributed by atoms with E-state index < -0.39 is 0 Å². The van der Waals surface area contributed by atoms with Gasteiger partial charge < -0.3 is 10.2 Å². The van der Waals surface area contributed by atoms with Crippen LogP contribution < -0.4 is 0 Å². The molecule has 0 saturated heterocycles. The third-order valence-corrected chi connectivity index (χ3v) is 2.08. The third kappa shape index (κ3) is 2.15. The zero-order chi connectivity index (χ0) is 8.10. The van der Waals surface area contributed by atoms with Crippen molar-refractivity contribution < 1.29 is 10.2 Å². The number of thiophene rings is 1. The molecule has 0 radical (unpaired) electrons. The monoisotopic (exact) mass is 170 g/mol. The summed E-state index contributed by atoms with van der Waals surface area (Å²) in [6.07, 6.45) is 1.61. The largest absolute Gasteiger partial charge is 0.392 e. The van der Waals surface area contributed by atoms with Crippen molar-refractivity contribution >= 4 is 16.9 Å². The Labute approximate surface area is 69.4 Å². The zero-order valence-corrected chi connectivity index (χ0v) is 6.84. The summed E-state index contributed by atoms with van der Waals surface area (Å²) in [5.41, 5.74) is 1.78. The van der Waals surface area contributed by atoms with Crippen LogP contribution in [0.25, 0.3) is 5.57 Å². The lowest BCUT2D eigenvalue weighted by Crippen LogP contribution is -1.89. The van der Waals surface area contributed by atoms with Crippen LogP contribution in [0.4, 0.5) is 0 Å². The first kappa shape index (κ1) is 8.46. The minimum atomic E-state index is -0.0221. The van der Waals surface area contributed by atoms with Crippen LogP contribution in [0.2, 0.25) is 0 Å².